The zero-order valence-electron chi connectivity index (χ0n) is 23.3. The number of aliphatic hydroxyl groups excluding tert-OH is 1. The highest BCUT2D eigenvalue weighted by molar-refractivity contribution is 5.96. The zero-order valence-corrected chi connectivity index (χ0v) is 23.3. The summed E-state index contributed by atoms with van der Waals surface area (Å²) < 4.78 is 0. The van der Waals surface area contributed by atoms with E-state index in [1.807, 2.05) is 84.9 Å². The van der Waals surface area contributed by atoms with Crippen LogP contribution in [0.1, 0.15) is 53.7 Å². The number of carbonyl (C=O) groups excluding carboxylic acids is 1. The number of pyridine rings is 1. The molecule has 41 heavy (non-hydrogen) atoms. The summed E-state index contributed by atoms with van der Waals surface area (Å²) in [4.78, 5) is 21.6. The molecular weight excluding hydrogens is 512 g/mol. The van der Waals surface area contributed by atoms with E-state index in [-0.39, 0.29) is 12.4 Å². The highest BCUT2D eigenvalue weighted by Gasteiger charge is 2.22. The second-order valence-electron chi connectivity index (χ2n) is 10.4. The molecule has 7 heteroatoms. The van der Waals surface area contributed by atoms with Gasteiger partial charge in [-0.05, 0) is 104 Å². The Hall–Kier alpha value is -4.62. The molecular formula is C34H36N4O3. The van der Waals surface area contributed by atoms with E-state index in [2.05, 4.69) is 11.0 Å². The first-order valence-corrected chi connectivity index (χ1v) is 14.0. The highest BCUT2D eigenvalue weighted by atomic mass is 16.3. The Kier molecular flexibility index (Phi) is 8.65. The topological polar surface area (TPSA) is 103 Å². The number of unbranched alkanes of at least 4 members (excludes halogenated alkanes) is 1. The van der Waals surface area contributed by atoms with Gasteiger partial charge in [0.25, 0.3) is 0 Å². The van der Waals surface area contributed by atoms with E-state index in [0.717, 1.165) is 65.3 Å². The summed E-state index contributed by atoms with van der Waals surface area (Å²) in [6, 6.07) is 27.0. The van der Waals surface area contributed by atoms with E-state index in [9.17, 15) is 15.0 Å². The number of aromatic nitrogens is 1. The van der Waals surface area contributed by atoms with Crippen LogP contribution < -0.4 is 15.5 Å². The Labute approximate surface area is 241 Å². The van der Waals surface area contributed by atoms with Crippen LogP contribution in [-0.4, -0.2) is 41.3 Å². The second kappa shape index (κ2) is 12.7. The van der Waals surface area contributed by atoms with Crippen molar-refractivity contribution in [3.05, 3.63) is 114 Å². The van der Waals surface area contributed by atoms with Gasteiger partial charge in [-0.1, -0.05) is 23.8 Å². The van der Waals surface area contributed by atoms with Gasteiger partial charge in [-0.25, -0.2) is 0 Å². The van der Waals surface area contributed by atoms with Crippen LogP contribution >= 0.6 is 0 Å². The van der Waals surface area contributed by atoms with E-state index >= 15 is 0 Å². The maximum atomic E-state index is 12.5. The van der Waals surface area contributed by atoms with Gasteiger partial charge in [-0.15, -0.1) is 0 Å². The number of rotatable bonds is 11. The Morgan fingerprint density at radius 1 is 0.854 bits per heavy atom. The number of phenolic OH excluding ortho intramolecular Hbond substituents is 1. The van der Waals surface area contributed by atoms with Crippen LogP contribution in [-0.2, 0) is 0 Å². The Morgan fingerprint density at radius 3 is 2.17 bits per heavy atom. The monoisotopic (exact) mass is 548 g/mol. The minimum Gasteiger partial charge on any atom is -0.508 e. The first-order chi connectivity index (χ1) is 19.9. The molecule has 5 rings (SSSR count). The first kappa shape index (κ1) is 27.9. The van der Waals surface area contributed by atoms with E-state index in [0.29, 0.717) is 18.5 Å². The molecule has 1 aliphatic rings. The smallest absolute Gasteiger partial charge is 0.248 e. The molecule has 0 aliphatic heterocycles. The maximum Gasteiger partial charge on any atom is 0.248 e. The summed E-state index contributed by atoms with van der Waals surface area (Å²) >= 11 is 0. The van der Waals surface area contributed by atoms with Crippen molar-refractivity contribution in [2.45, 2.75) is 32.1 Å². The average Bonchev–Trinajstić information content (AvgIpc) is 2.97. The number of nitrogens with zero attached hydrogens (tertiary/aromatic N) is 3. The fourth-order valence-electron chi connectivity index (χ4n) is 5.14. The summed E-state index contributed by atoms with van der Waals surface area (Å²) in [6.07, 6.45) is 6.44. The van der Waals surface area contributed by atoms with Crippen molar-refractivity contribution in [1.82, 2.24) is 4.98 Å². The summed E-state index contributed by atoms with van der Waals surface area (Å²) in [5, 5.41) is 19.0. The number of aliphatic hydroxyl groups is 1. The molecule has 1 aromatic heterocycles. The molecule has 1 heterocycles. The van der Waals surface area contributed by atoms with Gasteiger partial charge in [0.05, 0.1) is 17.6 Å². The van der Waals surface area contributed by atoms with Crippen LogP contribution in [0.2, 0.25) is 0 Å². The predicted octanol–water partition coefficient (Wildman–Crippen LogP) is 6.55. The van der Waals surface area contributed by atoms with Crippen molar-refractivity contribution in [2.24, 2.45) is 5.73 Å². The third-order valence-electron chi connectivity index (χ3n) is 7.60. The minimum absolute atomic E-state index is 0.134. The standard InChI is InChI=1S/C34H36N4O3/c1-37(27-12-15-31(40)16-13-27)29-14-17-32(36-23-29)33(24-8-7-9-24)25-20-26(34(35)41)22-30(21-25)38(18-5-6-19-39)28-10-3-2-4-11-28/h2-4,10-17,20-23,39-40H,5-9,18-19H2,1H3,(H2,35,41). The first-order valence-electron chi connectivity index (χ1n) is 14.0. The molecule has 0 bridgehead atoms. The Morgan fingerprint density at radius 2 is 1.56 bits per heavy atom. The molecule has 0 saturated heterocycles. The predicted molar refractivity (Wildman–Crippen MR) is 165 cm³/mol. The summed E-state index contributed by atoms with van der Waals surface area (Å²) in [6.45, 7) is 0.823. The number of carbonyl (C=O) groups is 1. The summed E-state index contributed by atoms with van der Waals surface area (Å²) in [7, 11) is 1.96. The molecule has 0 unspecified atom stereocenters. The molecule has 7 nitrogen and oxygen atoms in total. The lowest BCUT2D eigenvalue weighted by Gasteiger charge is -2.28. The van der Waals surface area contributed by atoms with Gasteiger partial charge < -0.3 is 25.7 Å². The fraction of sp³-hybridized carbons (Fsp3) is 0.235. The van der Waals surface area contributed by atoms with Gasteiger partial charge >= 0.3 is 0 Å². The van der Waals surface area contributed by atoms with Gasteiger partial charge in [0.2, 0.25) is 5.91 Å². The van der Waals surface area contributed by atoms with Crippen molar-refractivity contribution < 1.29 is 15.0 Å². The average molecular weight is 549 g/mol. The van der Waals surface area contributed by atoms with Crippen LogP contribution in [0.5, 0.6) is 5.75 Å². The van der Waals surface area contributed by atoms with Gasteiger partial charge in [0, 0.05) is 48.4 Å². The molecule has 0 radical (unpaired) electrons. The fourth-order valence-corrected chi connectivity index (χ4v) is 5.14. The highest BCUT2D eigenvalue weighted by Crippen LogP contribution is 2.40. The van der Waals surface area contributed by atoms with Crippen molar-refractivity contribution in [3.63, 3.8) is 0 Å². The molecule has 4 N–H and O–H groups in total. The molecule has 1 aliphatic carbocycles. The number of primary amides is 1. The van der Waals surface area contributed by atoms with Crippen LogP contribution in [0.3, 0.4) is 0 Å². The normalized spacial score (nSPS) is 12.5. The number of hydrogen-bond donors (Lipinski definition) is 3. The van der Waals surface area contributed by atoms with Crippen LogP contribution in [0.15, 0.2) is 96.7 Å². The number of para-hydroxylation sites is 1. The molecule has 1 saturated carbocycles. The summed E-state index contributed by atoms with van der Waals surface area (Å²) in [5.74, 6) is -0.252. The van der Waals surface area contributed by atoms with Gasteiger partial charge in [-0.2, -0.15) is 0 Å². The molecule has 1 fully saturated rings. The third kappa shape index (κ3) is 6.42. The second-order valence-corrected chi connectivity index (χ2v) is 10.4. The van der Waals surface area contributed by atoms with Crippen LogP contribution in [0.4, 0.5) is 22.7 Å². The van der Waals surface area contributed by atoms with Crippen molar-refractivity contribution in [3.8, 4) is 5.75 Å². The van der Waals surface area contributed by atoms with E-state index in [1.165, 1.54) is 5.57 Å². The van der Waals surface area contributed by atoms with Crippen molar-refractivity contribution >= 4 is 34.2 Å². The number of benzene rings is 3. The lowest BCUT2D eigenvalue weighted by Crippen LogP contribution is -2.20. The maximum absolute atomic E-state index is 12.5. The molecule has 3 aromatic carbocycles. The van der Waals surface area contributed by atoms with E-state index in [4.69, 9.17) is 10.7 Å². The number of allylic oxidation sites excluding steroid dienone is 1. The summed E-state index contributed by atoms with van der Waals surface area (Å²) in [5.41, 5.74) is 14.2. The van der Waals surface area contributed by atoms with Gasteiger partial charge in [-0.3, -0.25) is 9.78 Å². The zero-order chi connectivity index (χ0) is 28.8. The number of phenols is 1. The number of amides is 1. The molecule has 1 amide bonds. The molecule has 0 spiro atoms. The molecule has 210 valence electrons. The number of nitrogens with two attached hydrogens (primary N) is 1. The quantitative estimate of drug-likeness (QED) is 0.184. The number of aromatic hydroxyl groups is 1. The largest absolute Gasteiger partial charge is 0.508 e. The Bertz CT molecular complexity index is 1510. The lowest BCUT2D eigenvalue weighted by atomic mass is 9.83. The van der Waals surface area contributed by atoms with Gasteiger partial charge in [0.1, 0.15) is 5.75 Å². The van der Waals surface area contributed by atoms with Crippen LogP contribution in [0.25, 0.3) is 5.57 Å². The number of anilines is 4. The van der Waals surface area contributed by atoms with Gasteiger partial charge in [0.15, 0.2) is 0 Å². The van der Waals surface area contributed by atoms with E-state index < -0.39 is 5.91 Å². The minimum atomic E-state index is -0.478. The van der Waals surface area contributed by atoms with Crippen molar-refractivity contribution in [2.75, 3.05) is 30.0 Å². The van der Waals surface area contributed by atoms with Crippen molar-refractivity contribution in [1.29, 1.82) is 0 Å². The molecule has 4 aromatic rings. The SMILES string of the molecule is CN(c1ccc(O)cc1)c1ccc(C(=C2CCC2)c2cc(C(N)=O)cc(N(CCCCO)c3ccccc3)c2)nc1. The lowest BCUT2D eigenvalue weighted by molar-refractivity contribution is 0.1000. The third-order valence-corrected chi connectivity index (χ3v) is 7.60. The van der Waals surface area contributed by atoms with Crippen LogP contribution in [0, 0.1) is 0 Å². The number of hydrogen-bond acceptors (Lipinski definition) is 6. The molecule has 0 atom stereocenters. The Balaban J connectivity index is 1.55. The van der Waals surface area contributed by atoms with E-state index in [1.54, 1.807) is 12.1 Å².